The largest absolute Gasteiger partial charge is 0.394 e. The molecule has 1 saturated carbocycles. The van der Waals surface area contributed by atoms with Crippen LogP contribution in [-0.2, 0) is 5.54 Å². The zero-order valence-electron chi connectivity index (χ0n) is 16.8. The van der Waals surface area contributed by atoms with E-state index < -0.39 is 17.6 Å². The number of benzene rings is 1. The minimum absolute atomic E-state index is 0.325. The van der Waals surface area contributed by atoms with Crippen molar-refractivity contribution in [1.82, 2.24) is 15.3 Å². The Morgan fingerprint density at radius 3 is 2.84 bits per heavy atom. The highest BCUT2D eigenvalue weighted by atomic mass is 35.5. The van der Waals surface area contributed by atoms with Crippen LogP contribution in [0.4, 0.5) is 10.6 Å². The Balaban J connectivity index is 1.54. The molecule has 1 aliphatic rings. The van der Waals surface area contributed by atoms with E-state index in [-0.39, 0.29) is 6.61 Å². The molecule has 0 saturated heterocycles. The lowest BCUT2D eigenvalue weighted by Gasteiger charge is -2.18. The lowest BCUT2D eigenvalue weighted by Crippen LogP contribution is -2.34. The number of terminal acetylenes is 1. The van der Waals surface area contributed by atoms with Crippen molar-refractivity contribution in [2.75, 3.05) is 11.9 Å². The molecule has 2 aromatic heterocycles. The Kier molecular flexibility index (Phi) is 6.11. The topological polar surface area (TPSA) is 91.5 Å². The Bertz CT molecular complexity index is 1260. The van der Waals surface area contributed by atoms with Gasteiger partial charge in [-0.15, -0.1) is 17.8 Å². The number of thiazole rings is 1. The lowest BCUT2D eigenvalue weighted by atomic mass is 9.96. The summed E-state index contributed by atoms with van der Waals surface area (Å²) in [6.45, 7) is 7.23. The molecule has 0 aliphatic heterocycles. The van der Waals surface area contributed by atoms with Gasteiger partial charge in [0.1, 0.15) is 11.5 Å². The van der Waals surface area contributed by atoms with Gasteiger partial charge in [-0.05, 0) is 23.6 Å². The number of nitrogens with zero attached hydrogens (tertiary/aromatic N) is 3. The fraction of sp³-hybridized carbons (Fsp3) is 0.217. The summed E-state index contributed by atoms with van der Waals surface area (Å²) in [4.78, 5) is 24.7. The Labute approximate surface area is 194 Å². The van der Waals surface area contributed by atoms with Gasteiger partial charge >= 0.3 is 6.03 Å². The highest BCUT2D eigenvalue weighted by Crippen LogP contribution is 2.52. The predicted molar refractivity (Wildman–Crippen MR) is 124 cm³/mol. The fourth-order valence-corrected chi connectivity index (χ4v) is 4.27. The average Bonchev–Trinajstić information content (AvgIpc) is 3.48. The van der Waals surface area contributed by atoms with Crippen LogP contribution in [0.5, 0.6) is 0 Å². The number of amides is 2. The second kappa shape index (κ2) is 8.97. The van der Waals surface area contributed by atoms with Crippen molar-refractivity contribution in [3.63, 3.8) is 0 Å². The van der Waals surface area contributed by atoms with Crippen LogP contribution in [0.1, 0.15) is 35.1 Å². The Morgan fingerprint density at radius 2 is 2.22 bits per heavy atom. The summed E-state index contributed by atoms with van der Waals surface area (Å²) in [6.07, 6.45) is 8.54. The van der Waals surface area contributed by atoms with E-state index >= 15 is 0 Å². The smallest absolute Gasteiger partial charge is 0.320 e. The Morgan fingerprint density at radius 1 is 1.41 bits per heavy atom. The highest BCUT2D eigenvalue weighted by molar-refractivity contribution is 7.10. The number of rotatable bonds is 6. The molecule has 0 radical (unpaired) electrons. The molecule has 1 aliphatic carbocycles. The van der Waals surface area contributed by atoms with Gasteiger partial charge in [-0.25, -0.2) is 16.4 Å². The van der Waals surface area contributed by atoms with Crippen LogP contribution in [0, 0.1) is 18.9 Å². The number of aromatic nitrogens is 2. The van der Waals surface area contributed by atoms with E-state index in [2.05, 4.69) is 31.4 Å². The third-order valence-electron chi connectivity index (χ3n) is 5.23. The molecule has 1 fully saturated rings. The van der Waals surface area contributed by atoms with Gasteiger partial charge in [-0.2, -0.15) is 0 Å². The second-order valence-corrected chi connectivity index (χ2v) is 8.56. The van der Waals surface area contributed by atoms with Crippen molar-refractivity contribution in [2.24, 2.45) is 0 Å². The van der Waals surface area contributed by atoms with E-state index in [0.29, 0.717) is 21.4 Å². The molecule has 2 heterocycles. The van der Waals surface area contributed by atoms with Crippen molar-refractivity contribution in [1.29, 1.82) is 0 Å². The van der Waals surface area contributed by atoms with Crippen LogP contribution in [0.3, 0.4) is 0 Å². The number of aliphatic hydroxyl groups excluding tert-OH is 1. The van der Waals surface area contributed by atoms with Crippen molar-refractivity contribution in [3.8, 4) is 23.5 Å². The molecule has 3 N–H and O–H groups in total. The number of hydrogen-bond acceptors (Lipinski definition) is 5. The first-order valence-corrected chi connectivity index (χ1v) is 11.0. The third kappa shape index (κ3) is 4.30. The molecular weight excluding hydrogens is 446 g/mol. The molecule has 2 amide bonds. The lowest BCUT2D eigenvalue weighted by molar-refractivity contribution is 0.225. The molecule has 0 bridgehead atoms. The van der Waals surface area contributed by atoms with Gasteiger partial charge in [0.15, 0.2) is 5.01 Å². The summed E-state index contributed by atoms with van der Waals surface area (Å²) in [5.74, 6) is 2.74. The van der Waals surface area contributed by atoms with Crippen molar-refractivity contribution in [2.45, 2.75) is 24.4 Å². The first-order valence-electron chi connectivity index (χ1n) is 9.74. The van der Waals surface area contributed by atoms with Crippen LogP contribution in [0.25, 0.3) is 16.0 Å². The van der Waals surface area contributed by atoms with Gasteiger partial charge in [-0.1, -0.05) is 29.8 Å². The number of hydrogen-bond donors (Lipinski definition) is 3. The summed E-state index contributed by atoms with van der Waals surface area (Å²) in [7, 11) is 0. The Hall–Kier alpha value is -3.43. The number of urea groups is 1. The normalized spacial score (nSPS) is 14.6. The quantitative estimate of drug-likeness (QED) is 0.368. The van der Waals surface area contributed by atoms with E-state index in [1.165, 1.54) is 11.3 Å². The maximum absolute atomic E-state index is 12.3. The molecule has 1 atom stereocenters. The summed E-state index contributed by atoms with van der Waals surface area (Å²) >= 11 is 7.84. The number of carbonyl (C=O) groups excluding carboxylic acids is 1. The van der Waals surface area contributed by atoms with Gasteiger partial charge in [0.05, 0.1) is 12.6 Å². The van der Waals surface area contributed by atoms with Crippen LogP contribution in [0.2, 0.25) is 5.02 Å². The SMILES string of the molecule is [C-]#[N+]C1(c2ncccc2-c2ccc([C@H](CO)NC(=O)Nc3csc(C#C)n3)cc2Cl)CC1. The number of halogens is 1. The van der Waals surface area contributed by atoms with Crippen molar-refractivity contribution < 1.29 is 9.90 Å². The van der Waals surface area contributed by atoms with Crippen LogP contribution in [0.15, 0.2) is 41.9 Å². The van der Waals surface area contributed by atoms with Crippen molar-refractivity contribution in [3.05, 3.63) is 74.6 Å². The van der Waals surface area contributed by atoms with E-state index in [1.807, 2.05) is 18.2 Å². The van der Waals surface area contributed by atoms with Crippen LogP contribution < -0.4 is 10.6 Å². The van der Waals surface area contributed by atoms with Crippen LogP contribution in [-0.4, -0.2) is 27.7 Å². The van der Waals surface area contributed by atoms with Gasteiger partial charge in [0, 0.05) is 40.6 Å². The van der Waals surface area contributed by atoms with E-state index in [1.54, 1.807) is 23.7 Å². The number of carbonyl (C=O) groups is 1. The van der Waals surface area contributed by atoms with Gasteiger partial charge < -0.3 is 15.3 Å². The third-order valence-corrected chi connectivity index (χ3v) is 6.32. The minimum atomic E-state index is -0.682. The first kappa shape index (κ1) is 21.8. The van der Waals surface area contributed by atoms with Gasteiger partial charge in [-0.3, -0.25) is 10.3 Å². The second-order valence-electron chi connectivity index (χ2n) is 7.30. The summed E-state index contributed by atoms with van der Waals surface area (Å²) in [5, 5.41) is 17.7. The number of anilines is 1. The van der Waals surface area contributed by atoms with Gasteiger partial charge in [0.25, 0.3) is 5.54 Å². The standard InChI is InChI=1S/C23H18ClN5O2S/c1-3-20-28-19(13-32-20)29-22(31)27-18(12-30)14-6-7-15(17(24)11-14)16-5-4-10-26-21(16)23(25-2)8-9-23/h1,4-7,10-11,13,18,30H,8-9,12H2,(H2,27,29,31)/t18-/m0/s1. The van der Waals surface area contributed by atoms with E-state index in [9.17, 15) is 9.90 Å². The first-order chi connectivity index (χ1) is 15.5. The summed E-state index contributed by atoms with van der Waals surface area (Å²) in [5.41, 5.74) is 2.36. The zero-order chi connectivity index (χ0) is 22.7. The minimum Gasteiger partial charge on any atom is -0.394 e. The van der Waals surface area contributed by atoms with Crippen LogP contribution >= 0.6 is 22.9 Å². The summed E-state index contributed by atoms with van der Waals surface area (Å²) < 4.78 is 0. The van der Waals surface area contributed by atoms with E-state index in [4.69, 9.17) is 24.6 Å². The molecule has 7 nitrogen and oxygen atoms in total. The molecule has 1 aromatic carbocycles. The fourth-order valence-electron chi connectivity index (χ4n) is 3.42. The highest BCUT2D eigenvalue weighted by Gasteiger charge is 2.55. The number of aliphatic hydroxyl groups is 1. The summed E-state index contributed by atoms with van der Waals surface area (Å²) in [6, 6.07) is 7.82. The van der Waals surface area contributed by atoms with Crippen molar-refractivity contribution >= 4 is 34.8 Å². The average molecular weight is 464 g/mol. The number of pyridine rings is 1. The molecule has 3 aromatic rings. The number of nitrogens with one attached hydrogen (secondary N) is 2. The molecular formula is C23H18ClN5O2S. The maximum atomic E-state index is 12.3. The molecule has 160 valence electrons. The molecule has 32 heavy (non-hydrogen) atoms. The molecule has 4 rings (SSSR count). The monoisotopic (exact) mass is 463 g/mol. The zero-order valence-corrected chi connectivity index (χ0v) is 18.4. The van der Waals surface area contributed by atoms with Gasteiger partial charge in [0.2, 0.25) is 0 Å². The molecule has 9 heteroatoms. The molecule has 0 unspecified atom stereocenters. The van der Waals surface area contributed by atoms with E-state index in [0.717, 1.165) is 29.7 Å². The predicted octanol–water partition coefficient (Wildman–Crippen LogP) is 4.60. The maximum Gasteiger partial charge on any atom is 0.320 e. The molecule has 0 spiro atoms.